The third-order valence-electron chi connectivity index (χ3n) is 9.08. The zero-order valence-electron chi connectivity index (χ0n) is 32.1. The van der Waals surface area contributed by atoms with Gasteiger partial charge in [0, 0.05) is 35.0 Å². The number of allylic oxidation sites excluding steroid dienone is 1. The Morgan fingerprint density at radius 1 is 1.08 bits per heavy atom. The zero-order valence-corrected chi connectivity index (χ0v) is 33.0. The lowest BCUT2D eigenvalue weighted by atomic mass is 10.1. The number of phenolic OH excluding ortho intramolecular Hbond substituents is 1. The molecule has 0 saturated carbocycles. The Morgan fingerprint density at radius 3 is 2.53 bits per heavy atom. The van der Waals surface area contributed by atoms with E-state index in [0.717, 1.165) is 95.2 Å². The summed E-state index contributed by atoms with van der Waals surface area (Å²) < 4.78 is 22.3. The van der Waals surface area contributed by atoms with Crippen LogP contribution < -0.4 is 24.3 Å². The van der Waals surface area contributed by atoms with Crippen molar-refractivity contribution in [2.24, 2.45) is 5.92 Å². The second-order valence-corrected chi connectivity index (χ2v) is 13.9. The summed E-state index contributed by atoms with van der Waals surface area (Å²) in [5.74, 6) is 3.95. The molecular weight excluding hydrogens is 661 g/mol. The first-order valence-corrected chi connectivity index (χ1v) is 19.1. The van der Waals surface area contributed by atoms with Crippen molar-refractivity contribution in [3.05, 3.63) is 69.5 Å². The Labute approximate surface area is 310 Å². The van der Waals surface area contributed by atoms with Crippen molar-refractivity contribution >= 4 is 17.4 Å². The molecule has 10 heteroatoms. The second kappa shape index (κ2) is 21.3. The summed E-state index contributed by atoms with van der Waals surface area (Å²) in [4.78, 5) is 7.94. The zero-order chi connectivity index (χ0) is 37.3. The quantitative estimate of drug-likeness (QED) is 0.123. The average molecular weight is 719 g/mol. The van der Waals surface area contributed by atoms with Crippen LogP contribution in [0.4, 0.5) is 5.69 Å². The lowest BCUT2D eigenvalue weighted by Crippen LogP contribution is -2.31. The summed E-state index contributed by atoms with van der Waals surface area (Å²) in [6.07, 6.45) is 7.94. The van der Waals surface area contributed by atoms with Gasteiger partial charge in [0.05, 0.1) is 23.4 Å². The monoisotopic (exact) mass is 718 g/mol. The predicted molar refractivity (Wildman–Crippen MR) is 208 cm³/mol. The van der Waals surface area contributed by atoms with Crippen LogP contribution in [-0.4, -0.2) is 55.1 Å². The number of aromatic hydroxyl groups is 1. The van der Waals surface area contributed by atoms with Crippen LogP contribution in [-0.2, 0) is 6.42 Å². The number of rotatable bonds is 18. The fourth-order valence-corrected chi connectivity index (χ4v) is 6.66. The van der Waals surface area contributed by atoms with Gasteiger partial charge in [0.15, 0.2) is 23.0 Å². The number of nitrogens with zero attached hydrogens (tertiary/aromatic N) is 3. The summed E-state index contributed by atoms with van der Waals surface area (Å²) in [5.41, 5.74) is 5.48. The molecule has 1 aliphatic heterocycles. The first-order valence-electron chi connectivity index (χ1n) is 18.2. The fourth-order valence-electron chi connectivity index (χ4n) is 5.51. The summed E-state index contributed by atoms with van der Waals surface area (Å²) in [5, 5.41) is 23.6. The standard InChI is InChI=1S/C31H46N4O2S.C10H12O3/c1-9-15-35(16-14-22(4)10-2)17-18-37-28-13-12-27(19-29(28)36-8)34-31(23(5)11-3)38-30-24(6)26(20-32)21-33-25(30)7;1-2-3-7-8(11)4-5-9-10(7)13-6-12-9/h12-13,19,21-22,34H,9-11,14-18H2,1-8H3;4-5,11H,2-3,6H2,1H3. The number of nitrogens with one attached hydrogen (secondary N) is 1. The molecule has 1 atom stereocenters. The highest BCUT2D eigenvalue weighted by atomic mass is 32.2. The number of aryl methyl sites for hydroxylation is 1. The highest BCUT2D eigenvalue weighted by Crippen LogP contribution is 2.41. The predicted octanol–water partition coefficient (Wildman–Crippen LogP) is 10.0. The van der Waals surface area contributed by atoms with Crippen LogP contribution in [0.3, 0.4) is 0 Å². The number of ether oxygens (including phenoxy) is 4. The number of phenols is 1. The van der Waals surface area contributed by atoms with Gasteiger partial charge >= 0.3 is 0 Å². The minimum Gasteiger partial charge on any atom is -0.508 e. The number of hydrogen-bond donors (Lipinski definition) is 2. The van der Waals surface area contributed by atoms with Gasteiger partial charge in [-0.25, -0.2) is 0 Å². The van der Waals surface area contributed by atoms with Crippen LogP contribution in [0.25, 0.3) is 0 Å². The van der Waals surface area contributed by atoms with E-state index in [0.29, 0.717) is 29.4 Å². The third kappa shape index (κ3) is 12.0. The summed E-state index contributed by atoms with van der Waals surface area (Å²) in [6.45, 7) is 21.1. The lowest BCUT2D eigenvalue weighted by Gasteiger charge is -2.23. The molecule has 2 heterocycles. The van der Waals surface area contributed by atoms with Crippen LogP contribution in [0.15, 0.2) is 52.0 Å². The van der Waals surface area contributed by atoms with Gasteiger partial charge in [-0.05, 0) is 101 Å². The van der Waals surface area contributed by atoms with Gasteiger partial charge < -0.3 is 29.4 Å². The second-order valence-electron chi connectivity index (χ2n) is 12.9. The number of benzene rings is 2. The molecule has 0 amide bonds. The van der Waals surface area contributed by atoms with Crippen LogP contribution in [0.1, 0.15) is 96.0 Å². The number of nitriles is 1. The molecule has 1 aromatic heterocycles. The molecule has 0 aliphatic carbocycles. The van der Waals surface area contributed by atoms with Gasteiger partial charge in [0.1, 0.15) is 18.4 Å². The Hall–Kier alpha value is -4.07. The Morgan fingerprint density at radius 2 is 1.86 bits per heavy atom. The molecule has 4 rings (SSSR count). The highest BCUT2D eigenvalue weighted by molar-refractivity contribution is 8.03. The average Bonchev–Trinajstić information content (AvgIpc) is 3.62. The van der Waals surface area contributed by atoms with Crippen LogP contribution in [0, 0.1) is 31.1 Å². The highest BCUT2D eigenvalue weighted by Gasteiger charge is 2.20. The van der Waals surface area contributed by atoms with E-state index in [4.69, 9.17) is 18.9 Å². The first kappa shape index (κ1) is 41.4. The van der Waals surface area contributed by atoms with E-state index in [2.05, 4.69) is 62.8 Å². The number of hydrogen-bond acceptors (Lipinski definition) is 10. The van der Waals surface area contributed by atoms with Crippen molar-refractivity contribution in [1.82, 2.24) is 9.88 Å². The molecule has 51 heavy (non-hydrogen) atoms. The van der Waals surface area contributed by atoms with Gasteiger partial charge in [-0.1, -0.05) is 59.2 Å². The van der Waals surface area contributed by atoms with Crippen molar-refractivity contribution in [2.75, 3.05) is 45.5 Å². The van der Waals surface area contributed by atoms with Gasteiger partial charge in [0.25, 0.3) is 0 Å². The molecule has 0 spiro atoms. The van der Waals surface area contributed by atoms with Crippen molar-refractivity contribution in [2.45, 2.75) is 98.8 Å². The van der Waals surface area contributed by atoms with E-state index in [1.807, 2.05) is 32.0 Å². The number of pyridine rings is 1. The number of aromatic nitrogens is 1. The maximum absolute atomic E-state index is 9.57. The largest absolute Gasteiger partial charge is 0.508 e. The van der Waals surface area contributed by atoms with Gasteiger partial charge in [-0.3, -0.25) is 9.88 Å². The molecule has 0 bridgehead atoms. The normalized spacial score (nSPS) is 12.8. The molecule has 0 saturated heterocycles. The topological polar surface area (TPSA) is 109 Å². The van der Waals surface area contributed by atoms with Crippen molar-refractivity contribution in [3.8, 4) is 34.8 Å². The molecule has 278 valence electrons. The molecule has 1 aliphatic rings. The number of anilines is 1. The van der Waals surface area contributed by atoms with Crippen molar-refractivity contribution < 1.29 is 24.1 Å². The van der Waals surface area contributed by atoms with E-state index in [-0.39, 0.29) is 6.79 Å². The van der Waals surface area contributed by atoms with E-state index in [9.17, 15) is 10.4 Å². The Bertz CT molecular complexity index is 1640. The van der Waals surface area contributed by atoms with E-state index in [1.165, 1.54) is 18.4 Å². The van der Waals surface area contributed by atoms with E-state index >= 15 is 0 Å². The van der Waals surface area contributed by atoms with Gasteiger partial charge in [-0.15, -0.1) is 0 Å². The first-order chi connectivity index (χ1) is 24.6. The molecule has 1 unspecified atom stereocenters. The minimum absolute atomic E-state index is 0.259. The lowest BCUT2D eigenvalue weighted by molar-refractivity contribution is 0.173. The van der Waals surface area contributed by atoms with Crippen LogP contribution in [0.5, 0.6) is 28.7 Å². The number of fused-ring (bicyclic) bond motifs is 1. The van der Waals surface area contributed by atoms with Crippen molar-refractivity contribution in [1.29, 1.82) is 5.26 Å². The molecule has 2 aromatic carbocycles. The number of methoxy groups -OCH3 is 1. The van der Waals surface area contributed by atoms with E-state index < -0.39 is 0 Å². The summed E-state index contributed by atoms with van der Waals surface area (Å²) in [7, 11) is 1.68. The SMILES string of the molecule is CCCN(CCOc1ccc(NC(Sc2c(C)ncc(C#N)c2C)=C(C)CC)cc1OC)CCC(C)CC.CCCc1c(O)ccc2c1OCO2. The summed E-state index contributed by atoms with van der Waals surface area (Å²) >= 11 is 1.62. The Kier molecular flexibility index (Phi) is 17.3. The molecule has 0 radical (unpaired) electrons. The van der Waals surface area contributed by atoms with Crippen molar-refractivity contribution in [3.63, 3.8) is 0 Å². The van der Waals surface area contributed by atoms with E-state index in [1.54, 1.807) is 37.2 Å². The van der Waals surface area contributed by atoms with Gasteiger partial charge in [0.2, 0.25) is 6.79 Å². The molecule has 3 aromatic rings. The van der Waals surface area contributed by atoms with Crippen LogP contribution in [0.2, 0.25) is 0 Å². The minimum atomic E-state index is 0.259. The maximum Gasteiger partial charge on any atom is 0.231 e. The summed E-state index contributed by atoms with van der Waals surface area (Å²) in [6, 6.07) is 11.6. The fraction of sp³-hybridized carbons (Fsp3) is 0.512. The smallest absolute Gasteiger partial charge is 0.231 e. The molecule has 2 N–H and O–H groups in total. The molecule has 9 nitrogen and oxygen atoms in total. The van der Waals surface area contributed by atoms with Gasteiger partial charge in [-0.2, -0.15) is 5.26 Å². The molecular formula is C41H58N4O5S. The molecule has 0 fully saturated rings. The number of thioether (sulfide) groups is 1. The third-order valence-corrected chi connectivity index (χ3v) is 10.5. The Balaban J connectivity index is 0.000000446. The maximum atomic E-state index is 9.57. The van der Waals surface area contributed by atoms with Crippen LogP contribution >= 0.6 is 11.8 Å².